The number of hydrogen-bond donors (Lipinski definition) is 1. The van der Waals surface area contributed by atoms with Crippen molar-refractivity contribution in [2.75, 3.05) is 13.1 Å². The Labute approximate surface area is 188 Å². The van der Waals surface area contributed by atoms with Crippen LogP contribution in [0.25, 0.3) is 22.3 Å². The number of nitrogens with one attached hydrogen (secondary N) is 1. The summed E-state index contributed by atoms with van der Waals surface area (Å²) < 4.78 is 1.87. The van der Waals surface area contributed by atoms with Gasteiger partial charge in [-0.15, -0.1) is 24.8 Å². The highest BCUT2D eigenvalue weighted by molar-refractivity contribution is 6.06. The lowest BCUT2D eigenvalue weighted by atomic mass is 10.0. The summed E-state index contributed by atoms with van der Waals surface area (Å²) in [6.07, 6.45) is 5.01. The predicted octanol–water partition coefficient (Wildman–Crippen LogP) is 3.93. The van der Waals surface area contributed by atoms with E-state index >= 15 is 0 Å². The van der Waals surface area contributed by atoms with E-state index in [1.807, 2.05) is 48.0 Å². The second-order valence-corrected chi connectivity index (χ2v) is 7.71. The van der Waals surface area contributed by atoms with Crippen LogP contribution in [0.3, 0.4) is 0 Å². The van der Waals surface area contributed by atoms with Gasteiger partial charge in [0.05, 0.1) is 22.8 Å². The Morgan fingerprint density at radius 3 is 2.67 bits per heavy atom. The van der Waals surface area contributed by atoms with Crippen molar-refractivity contribution in [1.29, 1.82) is 0 Å². The number of benzene rings is 1. The molecular formula is C22H27Cl2N5O. The van der Waals surface area contributed by atoms with E-state index < -0.39 is 0 Å². The maximum Gasteiger partial charge on any atom is 0.255 e. The number of rotatable bonds is 3. The Bertz CT molecular complexity index is 1010. The molecule has 2 atom stereocenters. The van der Waals surface area contributed by atoms with Crippen molar-refractivity contribution in [3.63, 3.8) is 0 Å². The van der Waals surface area contributed by atoms with E-state index in [0.29, 0.717) is 6.04 Å². The molecule has 30 heavy (non-hydrogen) atoms. The Balaban J connectivity index is 0.00000128. The first-order valence-electron chi connectivity index (χ1n) is 10.2. The quantitative estimate of drug-likeness (QED) is 0.660. The fourth-order valence-corrected chi connectivity index (χ4v) is 4.67. The fourth-order valence-electron chi connectivity index (χ4n) is 4.67. The molecule has 2 bridgehead atoms. The first-order valence-corrected chi connectivity index (χ1v) is 10.2. The Kier molecular flexibility index (Phi) is 7.01. The summed E-state index contributed by atoms with van der Waals surface area (Å²) in [5.74, 6) is 0.122. The average Bonchev–Trinajstić information content (AvgIpc) is 3.26. The average molecular weight is 448 g/mol. The second-order valence-electron chi connectivity index (χ2n) is 7.71. The molecule has 1 amide bonds. The van der Waals surface area contributed by atoms with Crippen molar-refractivity contribution in [1.82, 2.24) is 25.0 Å². The topological polar surface area (TPSA) is 63.1 Å². The van der Waals surface area contributed by atoms with Crippen LogP contribution in [-0.4, -0.2) is 50.7 Å². The number of pyridine rings is 1. The lowest BCUT2D eigenvalue weighted by Crippen LogP contribution is -2.42. The molecular weight excluding hydrogens is 421 g/mol. The molecule has 6 nitrogen and oxygen atoms in total. The zero-order valence-corrected chi connectivity index (χ0v) is 18.6. The Morgan fingerprint density at radius 1 is 1.13 bits per heavy atom. The van der Waals surface area contributed by atoms with Crippen LogP contribution in [-0.2, 0) is 6.54 Å². The molecule has 160 valence electrons. The Morgan fingerprint density at radius 2 is 1.90 bits per heavy atom. The normalized spacial score (nSPS) is 20.4. The van der Waals surface area contributed by atoms with Crippen molar-refractivity contribution in [2.45, 2.75) is 44.8 Å². The lowest BCUT2D eigenvalue weighted by molar-refractivity contribution is 0.0682. The van der Waals surface area contributed by atoms with Gasteiger partial charge in [-0.05, 0) is 38.8 Å². The Hall–Kier alpha value is -2.15. The van der Waals surface area contributed by atoms with Crippen LogP contribution in [0.5, 0.6) is 0 Å². The minimum atomic E-state index is 0. The van der Waals surface area contributed by atoms with Crippen LogP contribution in [0, 0.1) is 0 Å². The monoisotopic (exact) mass is 447 g/mol. The molecule has 0 saturated carbocycles. The van der Waals surface area contributed by atoms with Crippen molar-refractivity contribution in [3.05, 3.63) is 48.2 Å². The third-order valence-corrected chi connectivity index (χ3v) is 6.10. The van der Waals surface area contributed by atoms with Crippen molar-refractivity contribution in [2.24, 2.45) is 0 Å². The third-order valence-electron chi connectivity index (χ3n) is 6.10. The van der Waals surface area contributed by atoms with Crippen molar-refractivity contribution >= 4 is 41.8 Å². The van der Waals surface area contributed by atoms with E-state index in [1.165, 1.54) is 0 Å². The van der Waals surface area contributed by atoms with E-state index in [9.17, 15) is 4.79 Å². The van der Waals surface area contributed by atoms with Crippen LogP contribution < -0.4 is 5.32 Å². The smallest absolute Gasteiger partial charge is 0.255 e. The molecule has 2 saturated heterocycles. The molecule has 2 unspecified atom stereocenters. The minimum Gasteiger partial charge on any atom is -0.331 e. The number of nitrogens with zero attached hydrogens (tertiary/aromatic N) is 4. The van der Waals surface area contributed by atoms with Crippen LogP contribution in [0.1, 0.15) is 36.5 Å². The summed E-state index contributed by atoms with van der Waals surface area (Å²) in [6, 6.07) is 12.6. The molecule has 1 N–H and O–H groups in total. The van der Waals surface area contributed by atoms with Crippen LogP contribution in [0.15, 0.2) is 42.6 Å². The standard InChI is InChI=1S/C22H25N5O.2ClH/c1-2-26-21-19(14-24-26)18(12-20(25-21)15-6-4-3-5-7-15)22(28)27-16-8-9-17(27)13-23-11-10-16;;/h3-7,12,14,16-17,23H,2,8-11,13H2,1H3;2*1H. The zero-order valence-electron chi connectivity index (χ0n) is 17.0. The van der Waals surface area contributed by atoms with Gasteiger partial charge < -0.3 is 10.2 Å². The van der Waals surface area contributed by atoms with Crippen LogP contribution in [0.2, 0.25) is 0 Å². The van der Waals surface area contributed by atoms with Gasteiger partial charge in [0.25, 0.3) is 5.91 Å². The van der Waals surface area contributed by atoms with E-state index in [-0.39, 0.29) is 36.8 Å². The van der Waals surface area contributed by atoms with Crippen molar-refractivity contribution in [3.8, 4) is 11.3 Å². The summed E-state index contributed by atoms with van der Waals surface area (Å²) in [4.78, 5) is 20.7. The van der Waals surface area contributed by atoms with Gasteiger partial charge in [-0.3, -0.25) is 4.79 Å². The molecule has 0 aliphatic carbocycles. The van der Waals surface area contributed by atoms with Crippen molar-refractivity contribution < 1.29 is 4.79 Å². The minimum absolute atomic E-state index is 0. The van der Waals surface area contributed by atoms with Gasteiger partial charge in [0, 0.05) is 30.7 Å². The van der Waals surface area contributed by atoms with Gasteiger partial charge >= 0.3 is 0 Å². The molecule has 1 aromatic carbocycles. The van der Waals surface area contributed by atoms with Gasteiger partial charge in [0.2, 0.25) is 0 Å². The van der Waals surface area contributed by atoms with Crippen LogP contribution >= 0.6 is 24.8 Å². The number of fused-ring (bicyclic) bond motifs is 3. The summed E-state index contributed by atoms with van der Waals surface area (Å²) in [5.41, 5.74) is 3.35. The van der Waals surface area contributed by atoms with Gasteiger partial charge in [-0.25, -0.2) is 9.67 Å². The molecule has 2 aromatic heterocycles. The molecule has 3 aromatic rings. The molecule has 0 radical (unpaired) electrons. The van der Waals surface area contributed by atoms with E-state index in [2.05, 4.69) is 15.3 Å². The van der Waals surface area contributed by atoms with Crippen LogP contribution in [0.4, 0.5) is 0 Å². The molecule has 5 rings (SSSR count). The number of amides is 1. The SMILES string of the molecule is CCn1ncc2c(C(=O)N3C4CCNCC3CC4)cc(-c3ccccc3)nc21.Cl.Cl. The third kappa shape index (κ3) is 3.80. The molecule has 2 fully saturated rings. The number of hydrogen-bond acceptors (Lipinski definition) is 4. The number of halogens is 2. The summed E-state index contributed by atoms with van der Waals surface area (Å²) in [7, 11) is 0. The van der Waals surface area contributed by atoms with Gasteiger partial charge in [-0.1, -0.05) is 30.3 Å². The van der Waals surface area contributed by atoms with Gasteiger partial charge in [0.1, 0.15) is 0 Å². The highest BCUT2D eigenvalue weighted by atomic mass is 35.5. The summed E-state index contributed by atoms with van der Waals surface area (Å²) in [6.45, 7) is 4.64. The lowest BCUT2D eigenvalue weighted by Gasteiger charge is -2.28. The molecule has 8 heteroatoms. The number of carbonyl (C=O) groups is 1. The number of carbonyl (C=O) groups excluding carboxylic acids is 1. The maximum absolute atomic E-state index is 13.7. The highest BCUT2D eigenvalue weighted by Gasteiger charge is 2.39. The number of aryl methyl sites for hydroxylation is 1. The number of aromatic nitrogens is 3. The molecule has 4 heterocycles. The fraction of sp³-hybridized carbons (Fsp3) is 0.409. The molecule has 2 aliphatic heterocycles. The molecule has 2 aliphatic rings. The maximum atomic E-state index is 13.7. The van der Waals surface area contributed by atoms with Gasteiger partial charge in [-0.2, -0.15) is 5.10 Å². The largest absolute Gasteiger partial charge is 0.331 e. The zero-order chi connectivity index (χ0) is 19.1. The summed E-state index contributed by atoms with van der Waals surface area (Å²) >= 11 is 0. The van der Waals surface area contributed by atoms with E-state index in [0.717, 1.165) is 66.8 Å². The highest BCUT2D eigenvalue weighted by Crippen LogP contribution is 2.32. The van der Waals surface area contributed by atoms with E-state index in [1.54, 1.807) is 6.20 Å². The first-order chi connectivity index (χ1) is 13.8. The van der Waals surface area contributed by atoms with Gasteiger partial charge in [0.15, 0.2) is 5.65 Å². The summed E-state index contributed by atoms with van der Waals surface area (Å²) in [5, 5.41) is 8.81. The second kappa shape index (κ2) is 9.33. The van der Waals surface area contributed by atoms with E-state index in [4.69, 9.17) is 4.98 Å². The first kappa shape index (κ1) is 22.5. The predicted molar refractivity (Wildman–Crippen MR) is 124 cm³/mol. The molecule has 0 spiro atoms.